The zero-order chi connectivity index (χ0) is 30.8. The third kappa shape index (κ3) is 6.95. The van der Waals surface area contributed by atoms with E-state index < -0.39 is 22.0 Å². The number of sulfonamides is 1. The lowest BCUT2D eigenvalue weighted by Gasteiger charge is -2.57. The smallest absolute Gasteiger partial charge is 0.244 e. The van der Waals surface area contributed by atoms with Crippen LogP contribution in [-0.4, -0.2) is 50.5 Å². The summed E-state index contributed by atoms with van der Waals surface area (Å²) in [6.07, 6.45) is 11.2. The quantitative estimate of drug-likeness (QED) is 0.285. The average Bonchev–Trinajstić information content (AvgIpc) is 2.95. The van der Waals surface area contributed by atoms with Crippen molar-refractivity contribution in [3.8, 4) is 0 Å². The van der Waals surface area contributed by atoms with Crippen LogP contribution in [0.15, 0.2) is 48.5 Å². The lowest BCUT2D eigenvalue weighted by atomic mass is 9.48. The molecule has 0 aromatic heterocycles. The monoisotopic (exact) mass is 607 g/mol. The van der Waals surface area contributed by atoms with Gasteiger partial charge >= 0.3 is 0 Å². The first-order chi connectivity index (χ1) is 20.5. The highest BCUT2D eigenvalue weighted by molar-refractivity contribution is 7.92. The van der Waals surface area contributed by atoms with Crippen LogP contribution < -0.4 is 9.62 Å². The van der Waals surface area contributed by atoms with Crippen molar-refractivity contribution in [3.63, 3.8) is 0 Å². The number of aryl methyl sites for hydroxylation is 1. The van der Waals surface area contributed by atoms with Crippen molar-refractivity contribution >= 4 is 27.5 Å². The maximum Gasteiger partial charge on any atom is 0.244 e. The summed E-state index contributed by atoms with van der Waals surface area (Å²) in [5.74, 6) is 1.86. The lowest BCUT2D eigenvalue weighted by molar-refractivity contribution is -0.140. The van der Waals surface area contributed by atoms with Gasteiger partial charge in [-0.05, 0) is 110 Å². The second-order valence-corrected chi connectivity index (χ2v) is 15.4. The number of benzene rings is 2. The highest BCUT2D eigenvalue weighted by Gasteiger charge is 2.51. The molecule has 1 atom stereocenters. The zero-order valence-electron chi connectivity index (χ0n) is 26.3. The number of hydrogen-bond donors (Lipinski definition) is 1. The molecule has 43 heavy (non-hydrogen) atoms. The molecule has 8 heteroatoms. The predicted molar refractivity (Wildman–Crippen MR) is 172 cm³/mol. The fourth-order valence-corrected chi connectivity index (χ4v) is 9.31. The topological polar surface area (TPSA) is 86.8 Å². The molecule has 234 valence electrons. The molecular formula is C35H49N3O4S. The maximum absolute atomic E-state index is 14.1. The Hall–Kier alpha value is -2.87. The first-order valence-electron chi connectivity index (χ1n) is 16.2. The second kappa shape index (κ2) is 13.0. The standard InChI is InChI=1S/C35H49N3O4S/c1-5-7-16-36-34(40)32(6-2)37(23-29-11-9-8-10-25(29)3)33(39)24-38(43(4,41)42)31-14-12-30(13-15-31)35-20-26-17-27(21-35)19-28(18-26)22-35/h8-15,26-28,32H,5-7,16-24H2,1-4H3,(H,36,40)/t26?,27?,28?,32-,35?/m0/s1. The fourth-order valence-electron chi connectivity index (χ4n) is 8.46. The Bertz CT molecular complexity index is 1370. The van der Waals surface area contributed by atoms with Gasteiger partial charge in [0.2, 0.25) is 21.8 Å². The molecule has 6 rings (SSSR count). The summed E-state index contributed by atoms with van der Waals surface area (Å²) in [5, 5.41) is 2.98. The molecule has 2 amide bonds. The van der Waals surface area contributed by atoms with Crippen LogP contribution >= 0.6 is 0 Å². The summed E-state index contributed by atoms with van der Waals surface area (Å²) < 4.78 is 27.5. The van der Waals surface area contributed by atoms with Crippen molar-refractivity contribution in [2.45, 2.75) is 96.6 Å². The van der Waals surface area contributed by atoms with Crippen molar-refractivity contribution in [2.24, 2.45) is 17.8 Å². The zero-order valence-corrected chi connectivity index (χ0v) is 27.2. The molecule has 4 bridgehead atoms. The SMILES string of the molecule is CCCCNC(=O)[C@H](CC)N(Cc1ccccc1C)C(=O)CN(c1ccc(C23CC4CC(CC(C4)C2)C3)cc1)S(C)(=O)=O. The largest absolute Gasteiger partial charge is 0.354 e. The Labute approximate surface area is 258 Å². The Morgan fingerprint density at radius 2 is 1.56 bits per heavy atom. The van der Waals surface area contributed by atoms with Crippen molar-refractivity contribution in [1.29, 1.82) is 0 Å². The van der Waals surface area contributed by atoms with Crippen molar-refractivity contribution in [2.75, 3.05) is 23.7 Å². The van der Waals surface area contributed by atoms with E-state index in [4.69, 9.17) is 0 Å². The van der Waals surface area contributed by atoms with Gasteiger partial charge in [-0.2, -0.15) is 0 Å². The molecule has 4 aliphatic carbocycles. The van der Waals surface area contributed by atoms with Gasteiger partial charge in [0, 0.05) is 13.1 Å². The minimum absolute atomic E-state index is 0.205. The average molecular weight is 608 g/mol. The van der Waals surface area contributed by atoms with Crippen LogP contribution in [-0.2, 0) is 31.6 Å². The van der Waals surface area contributed by atoms with E-state index >= 15 is 0 Å². The Balaban J connectivity index is 1.39. The summed E-state index contributed by atoms with van der Waals surface area (Å²) in [5.41, 5.74) is 3.96. The molecule has 0 aliphatic heterocycles. The second-order valence-electron chi connectivity index (χ2n) is 13.5. The van der Waals surface area contributed by atoms with E-state index in [0.29, 0.717) is 18.7 Å². The van der Waals surface area contributed by atoms with Crippen LogP contribution in [0.25, 0.3) is 0 Å². The molecule has 0 saturated heterocycles. The number of unbranched alkanes of at least 4 members (excludes halogenated alkanes) is 1. The van der Waals surface area contributed by atoms with Crippen LogP contribution in [0.5, 0.6) is 0 Å². The third-order valence-electron chi connectivity index (χ3n) is 10.3. The van der Waals surface area contributed by atoms with Gasteiger partial charge in [0.05, 0.1) is 11.9 Å². The highest BCUT2D eigenvalue weighted by atomic mass is 32.2. The van der Waals surface area contributed by atoms with E-state index in [9.17, 15) is 18.0 Å². The van der Waals surface area contributed by atoms with Gasteiger partial charge in [-0.1, -0.05) is 56.7 Å². The van der Waals surface area contributed by atoms with Crippen LogP contribution in [0.3, 0.4) is 0 Å². The molecule has 7 nitrogen and oxygen atoms in total. The lowest BCUT2D eigenvalue weighted by Crippen LogP contribution is -2.52. The molecule has 2 aromatic rings. The van der Waals surface area contributed by atoms with E-state index in [1.54, 1.807) is 4.90 Å². The maximum atomic E-state index is 14.1. The molecule has 0 unspecified atom stereocenters. The minimum atomic E-state index is -3.77. The molecule has 0 heterocycles. The molecule has 4 saturated carbocycles. The first kappa shape index (κ1) is 31.6. The highest BCUT2D eigenvalue weighted by Crippen LogP contribution is 2.60. The number of carbonyl (C=O) groups excluding carboxylic acids is 2. The van der Waals surface area contributed by atoms with Crippen molar-refractivity contribution in [1.82, 2.24) is 10.2 Å². The summed E-state index contributed by atoms with van der Waals surface area (Å²) in [6, 6.07) is 15.1. The molecule has 2 aromatic carbocycles. The number of rotatable bonds is 13. The van der Waals surface area contributed by atoms with Crippen molar-refractivity contribution < 1.29 is 18.0 Å². The fraction of sp³-hybridized carbons (Fsp3) is 0.600. The first-order valence-corrected chi connectivity index (χ1v) is 18.1. The van der Waals surface area contributed by atoms with Crippen LogP contribution in [0.4, 0.5) is 5.69 Å². The minimum Gasteiger partial charge on any atom is -0.354 e. The number of nitrogens with one attached hydrogen (secondary N) is 1. The van der Waals surface area contributed by atoms with Crippen LogP contribution in [0.1, 0.15) is 88.3 Å². The van der Waals surface area contributed by atoms with Crippen LogP contribution in [0.2, 0.25) is 0 Å². The molecular weight excluding hydrogens is 558 g/mol. The van der Waals surface area contributed by atoms with E-state index in [1.807, 2.05) is 50.2 Å². The Morgan fingerprint density at radius 3 is 2.09 bits per heavy atom. The number of nitrogens with zero attached hydrogens (tertiary/aromatic N) is 2. The molecule has 1 N–H and O–H groups in total. The Morgan fingerprint density at radius 1 is 0.953 bits per heavy atom. The van der Waals surface area contributed by atoms with Gasteiger partial charge in [-0.3, -0.25) is 13.9 Å². The van der Waals surface area contributed by atoms with Gasteiger partial charge in [0.15, 0.2) is 0 Å². The van der Waals surface area contributed by atoms with Gasteiger partial charge in [0.1, 0.15) is 12.6 Å². The summed E-state index contributed by atoms with van der Waals surface area (Å²) in [4.78, 5) is 28.9. The van der Waals surface area contributed by atoms with Gasteiger partial charge in [-0.25, -0.2) is 8.42 Å². The Kier molecular flexibility index (Phi) is 9.55. The van der Waals surface area contributed by atoms with E-state index in [0.717, 1.165) is 48.0 Å². The number of carbonyl (C=O) groups is 2. The van der Waals surface area contributed by atoms with Crippen LogP contribution in [0, 0.1) is 24.7 Å². The van der Waals surface area contributed by atoms with Gasteiger partial charge in [-0.15, -0.1) is 0 Å². The molecule has 0 spiro atoms. The number of amides is 2. The van der Waals surface area contributed by atoms with E-state index in [2.05, 4.69) is 24.4 Å². The molecule has 0 radical (unpaired) electrons. The van der Waals surface area contributed by atoms with Gasteiger partial charge in [0.25, 0.3) is 0 Å². The summed E-state index contributed by atoms with van der Waals surface area (Å²) in [7, 11) is -3.77. The van der Waals surface area contributed by atoms with E-state index in [1.165, 1.54) is 48.4 Å². The van der Waals surface area contributed by atoms with Crippen molar-refractivity contribution in [3.05, 3.63) is 65.2 Å². The number of hydrogen-bond acceptors (Lipinski definition) is 4. The predicted octanol–water partition coefficient (Wildman–Crippen LogP) is 5.95. The molecule has 4 fully saturated rings. The number of anilines is 1. The summed E-state index contributed by atoms with van der Waals surface area (Å²) >= 11 is 0. The molecule has 4 aliphatic rings. The summed E-state index contributed by atoms with van der Waals surface area (Å²) in [6.45, 7) is 6.35. The third-order valence-corrected chi connectivity index (χ3v) is 11.4. The normalized spacial score (nSPS) is 24.9. The van der Waals surface area contributed by atoms with E-state index in [-0.39, 0.29) is 24.4 Å². The van der Waals surface area contributed by atoms with Gasteiger partial charge < -0.3 is 10.2 Å².